The molecule has 1 aliphatic heterocycles. The molecule has 7 heteroatoms. The van der Waals surface area contributed by atoms with Crippen LogP contribution in [0.4, 0.5) is 0 Å². The highest BCUT2D eigenvalue weighted by Crippen LogP contribution is 2.28. The van der Waals surface area contributed by atoms with E-state index in [4.69, 9.17) is 0 Å². The maximum atomic E-state index is 12.6. The molecule has 130 valence electrons. The smallest absolute Gasteiger partial charge is 0.225 e. The van der Waals surface area contributed by atoms with Gasteiger partial charge in [-0.3, -0.25) is 9.48 Å². The normalized spacial score (nSPS) is 20.2. The Hall–Kier alpha value is -2.25. The number of nitrogens with zero attached hydrogens (tertiary/aromatic N) is 3. The minimum atomic E-state index is -0.0421. The summed E-state index contributed by atoms with van der Waals surface area (Å²) in [5.74, 6) is 0.260. The molecule has 4 rings (SSSR count). The Bertz CT molecular complexity index is 853. The molecule has 3 aromatic rings. The predicted molar refractivity (Wildman–Crippen MR) is 98.6 cm³/mol. The molecular formula is C18H21N5OS. The molecule has 1 fully saturated rings. The van der Waals surface area contributed by atoms with Gasteiger partial charge in [0.2, 0.25) is 5.91 Å². The molecule has 0 unspecified atom stereocenters. The molecule has 1 aromatic carbocycles. The number of thiazole rings is 1. The van der Waals surface area contributed by atoms with Crippen molar-refractivity contribution in [1.82, 2.24) is 25.4 Å². The fourth-order valence-corrected chi connectivity index (χ4v) is 4.35. The number of benzene rings is 1. The SMILES string of the molecule is Cn1cc([C@H]2CNC[C@@H]2C(=O)NCCc2nc3ccccc3s2)cn1. The Morgan fingerprint density at radius 1 is 1.40 bits per heavy atom. The van der Waals surface area contributed by atoms with Crippen molar-refractivity contribution < 1.29 is 4.79 Å². The first-order valence-corrected chi connectivity index (χ1v) is 9.34. The standard InChI is InChI=1S/C18H21N5OS/c1-23-11-12(8-21-23)13-9-19-10-14(13)18(24)20-7-6-17-22-15-4-2-3-5-16(15)25-17/h2-5,8,11,13-14,19H,6-7,9-10H2,1H3,(H,20,24)/t13-,14+/m1/s1. The maximum Gasteiger partial charge on any atom is 0.225 e. The summed E-state index contributed by atoms with van der Waals surface area (Å²) >= 11 is 1.70. The van der Waals surface area contributed by atoms with Crippen molar-refractivity contribution in [2.45, 2.75) is 12.3 Å². The van der Waals surface area contributed by atoms with Crippen LogP contribution < -0.4 is 10.6 Å². The Morgan fingerprint density at radius 2 is 2.28 bits per heavy atom. The molecule has 2 atom stereocenters. The summed E-state index contributed by atoms with van der Waals surface area (Å²) in [6.07, 6.45) is 4.63. The van der Waals surface area contributed by atoms with Crippen LogP contribution >= 0.6 is 11.3 Å². The zero-order valence-corrected chi connectivity index (χ0v) is 14.9. The summed E-state index contributed by atoms with van der Waals surface area (Å²) in [4.78, 5) is 17.2. The third-order valence-electron chi connectivity index (χ3n) is 4.68. The monoisotopic (exact) mass is 355 g/mol. The van der Waals surface area contributed by atoms with Crippen LogP contribution in [0.5, 0.6) is 0 Å². The summed E-state index contributed by atoms with van der Waals surface area (Å²) in [6.45, 7) is 2.16. The van der Waals surface area contributed by atoms with Crippen molar-refractivity contribution in [2.24, 2.45) is 13.0 Å². The minimum absolute atomic E-state index is 0.0421. The zero-order chi connectivity index (χ0) is 17.2. The molecule has 0 spiro atoms. The van der Waals surface area contributed by atoms with Crippen LogP contribution in [0.1, 0.15) is 16.5 Å². The van der Waals surface area contributed by atoms with Gasteiger partial charge in [-0.1, -0.05) is 12.1 Å². The van der Waals surface area contributed by atoms with Crippen molar-refractivity contribution >= 4 is 27.5 Å². The number of nitrogens with one attached hydrogen (secondary N) is 2. The van der Waals surface area contributed by atoms with Gasteiger partial charge in [-0.25, -0.2) is 4.98 Å². The van der Waals surface area contributed by atoms with Crippen LogP contribution in [0, 0.1) is 5.92 Å². The number of carbonyl (C=O) groups is 1. The Labute approximate surface area is 150 Å². The topological polar surface area (TPSA) is 71.8 Å². The fraction of sp³-hybridized carbons (Fsp3) is 0.389. The van der Waals surface area contributed by atoms with Crippen LogP contribution in [0.25, 0.3) is 10.2 Å². The van der Waals surface area contributed by atoms with Crippen LogP contribution in [-0.4, -0.2) is 40.3 Å². The molecule has 6 nitrogen and oxygen atoms in total. The second kappa shape index (κ2) is 6.93. The lowest BCUT2D eigenvalue weighted by Crippen LogP contribution is -2.35. The van der Waals surface area contributed by atoms with Crippen LogP contribution in [0.15, 0.2) is 36.7 Å². The number of amides is 1. The van der Waals surface area contributed by atoms with Gasteiger partial charge >= 0.3 is 0 Å². The number of aromatic nitrogens is 3. The number of hydrogen-bond acceptors (Lipinski definition) is 5. The van der Waals surface area contributed by atoms with E-state index in [9.17, 15) is 4.79 Å². The molecule has 1 aliphatic rings. The second-order valence-electron chi connectivity index (χ2n) is 6.43. The lowest BCUT2D eigenvalue weighted by Gasteiger charge is -2.16. The van der Waals surface area contributed by atoms with Crippen molar-refractivity contribution in [3.05, 3.63) is 47.2 Å². The molecule has 0 saturated carbocycles. The first kappa shape index (κ1) is 16.2. The van der Waals surface area contributed by atoms with Gasteiger partial charge in [0.05, 0.1) is 27.3 Å². The molecule has 25 heavy (non-hydrogen) atoms. The predicted octanol–water partition coefficient (Wildman–Crippen LogP) is 1.69. The Kier molecular flexibility index (Phi) is 4.50. The lowest BCUT2D eigenvalue weighted by atomic mass is 9.90. The highest BCUT2D eigenvalue weighted by atomic mass is 32.1. The van der Waals surface area contributed by atoms with Gasteiger partial charge in [0, 0.05) is 45.2 Å². The first-order chi connectivity index (χ1) is 12.2. The van der Waals surface area contributed by atoms with Crippen molar-refractivity contribution in [1.29, 1.82) is 0 Å². The third-order valence-corrected chi connectivity index (χ3v) is 5.78. The van der Waals surface area contributed by atoms with Crippen LogP contribution in [0.2, 0.25) is 0 Å². The van der Waals surface area contributed by atoms with Crippen LogP contribution in [-0.2, 0) is 18.3 Å². The highest BCUT2D eigenvalue weighted by Gasteiger charge is 2.34. The van der Waals surface area contributed by atoms with Gasteiger partial charge in [-0.15, -0.1) is 11.3 Å². The number of fused-ring (bicyclic) bond motifs is 1. The van der Waals surface area contributed by atoms with Crippen LogP contribution in [0.3, 0.4) is 0 Å². The number of hydrogen-bond donors (Lipinski definition) is 2. The Morgan fingerprint density at radius 3 is 3.08 bits per heavy atom. The van der Waals surface area contributed by atoms with E-state index in [0.717, 1.165) is 29.1 Å². The second-order valence-corrected chi connectivity index (χ2v) is 7.55. The van der Waals surface area contributed by atoms with E-state index in [0.29, 0.717) is 13.1 Å². The molecule has 0 radical (unpaired) electrons. The molecular weight excluding hydrogens is 334 g/mol. The fourth-order valence-electron chi connectivity index (χ4n) is 3.39. The summed E-state index contributed by atoms with van der Waals surface area (Å²) in [7, 11) is 1.90. The molecule has 0 bridgehead atoms. The number of aryl methyl sites for hydroxylation is 1. The highest BCUT2D eigenvalue weighted by molar-refractivity contribution is 7.18. The van der Waals surface area contributed by atoms with Gasteiger partial charge < -0.3 is 10.6 Å². The van der Waals surface area contributed by atoms with Crippen molar-refractivity contribution in [3.63, 3.8) is 0 Å². The summed E-state index contributed by atoms with van der Waals surface area (Å²) < 4.78 is 2.98. The van der Waals surface area contributed by atoms with Crippen molar-refractivity contribution in [2.75, 3.05) is 19.6 Å². The molecule has 3 heterocycles. The van der Waals surface area contributed by atoms with E-state index in [1.54, 1.807) is 16.0 Å². The van der Waals surface area contributed by atoms with E-state index in [1.807, 2.05) is 37.6 Å². The average Bonchev–Trinajstić information content (AvgIpc) is 3.32. The first-order valence-electron chi connectivity index (χ1n) is 8.52. The zero-order valence-electron chi connectivity index (χ0n) is 14.1. The third kappa shape index (κ3) is 3.43. The quantitative estimate of drug-likeness (QED) is 0.731. The largest absolute Gasteiger partial charge is 0.355 e. The van der Waals surface area contributed by atoms with Gasteiger partial charge in [0.25, 0.3) is 0 Å². The molecule has 1 saturated heterocycles. The van der Waals surface area contributed by atoms with E-state index in [1.165, 1.54) is 4.70 Å². The summed E-state index contributed by atoms with van der Waals surface area (Å²) in [5.41, 5.74) is 2.16. The number of para-hydroxylation sites is 1. The summed E-state index contributed by atoms with van der Waals surface area (Å²) in [6, 6.07) is 8.13. The molecule has 2 N–H and O–H groups in total. The number of rotatable bonds is 5. The molecule has 0 aliphatic carbocycles. The lowest BCUT2D eigenvalue weighted by molar-refractivity contribution is -0.124. The summed E-state index contributed by atoms with van der Waals surface area (Å²) in [5, 5.41) is 11.7. The number of carbonyl (C=O) groups excluding carboxylic acids is 1. The average molecular weight is 355 g/mol. The van der Waals surface area contributed by atoms with E-state index in [-0.39, 0.29) is 17.7 Å². The van der Waals surface area contributed by atoms with Crippen molar-refractivity contribution in [3.8, 4) is 0 Å². The minimum Gasteiger partial charge on any atom is -0.355 e. The Balaban J connectivity index is 1.35. The van der Waals surface area contributed by atoms with Gasteiger partial charge in [0.1, 0.15) is 0 Å². The van der Waals surface area contributed by atoms with Gasteiger partial charge in [-0.05, 0) is 17.7 Å². The van der Waals surface area contributed by atoms with E-state index >= 15 is 0 Å². The maximum absolute atomic E-state index is 12.6. The van der Waals surface area contributed by atoms with E-state index in [2.05, 4.69) is 26.8 Å². The van der Waals surface area contributed by atoms with E-state index < -0.39 is 0 Å². The van der Waals surface area contributed by atoms with Gasteiger partial charge in [-0.2, -0.15) is 5.10 Å². The molecule has 1 amide bonds. The molecule has 2 aromatic heterocycles. The van der Waals surface area contributed by atoms with Gasteiger partial charge in [0.15, 0.2) is 0 Å².